The fourth-order valence-electron chi connectivity index (χ4n) is 2.76. The highest BCUT2D eigenvalue weighted by molar-refractivity contribution is 5.68. The van der Waals surface area contributed by atoms with E-state index in [1.165, 1.54) is 0 Å². The second kappa shape index (κ2) is 6.09. The van der Waals surface area contributed by atoms with Gasteiger partial charge in [0.2, 0.25) is 0 Å². The number of rotatable bonds is 2. The number of alkyl carbamates (subject to hydrolysis) is 1. The molecule has 2 fully saturated rings. The summed E-state index contributed by atoms with van der Waals surface area (Å²) in [7, 11) is 0. The first kappa shape index (κ1) is 14.6. The van der Waals surface area contributed by atoms with Gasteiger partial charge in [-0.05, 0) is 40.0 Å². The van der Waals surface area contributed by atoms with Gasteiger partial charge in [0.15, 0.2) is 0 Å². The fourth-order valence-corrected chi connectivity index (χ4v) is 2.76. The van der Waals surface area contributed by atoms with E-state index in [9.17, 15) is 4.79 Å². The predicted molar refractivity (Wildman–Crippen MR) is 73.2 cm³/mol. The summed E-state index contributed by atoms with van der Waals surface area (Å²) in [6.07, 6.45) is 2.93. The third-order valence-electron chi connectivity index (χ3n) is 3.65. The zero-order chi connectivity index (χ0) is 13.9. The van der Waals surface area contributed by atoms with E-state index < -0.39 is 5.60 Å². The molecule has 0 aromatic rings. The second-order valence-electron chi connectivity index (χ2n) is 6.47. The highest BCUT2D eigenvalue weighted by Crippen LogP contribution is 2.20. The molecule has 0 spiro atoms. The van der Waals surface area contributed by atoms with Crippen molar-refractivity contribution in [3.05, 3.63) is 0 Å². The van der Waals surface area contributed by atoms with E-state index in [-0.39, 0.29) is 12.1 Å². The summed E-state index contributed by atoms with van der Waals surface area (Å²) in [5.41, 5.74) is -0.427. The van der Waals surface area contributed by atoms with E-state index in [1.807, 2.05) is 20.8 Å². The first-order valence-electron chi connectivity index (χ1n) is 7.25. The summed E-state index contributed by atoms with van der Waals surface area (Å²) < 4.78 is 10.7. The van der Waals surface area contributed by atoms with Gasteiger partial charge in [-0.3, -0.25) is 4.90 Å². The Morgan fingerprint density at radius 2 is 1.95 bits per heavy atom. The van der Waals surface area contributed by atoms with E-state index in [0.29, 0.717) is 6.04 Å². The van der Waals surface area contributed by atoms with Crippen LogP contribution < -0.4 is 5.32 Å². The Morgan fingerprint density at radius 1 is 1.26 bits per heavy atom. The Labute approximate surface area is 115 Å². The van der Waals surface area contributed by atoms with Gasteiger partial charge in [0, 0.05) is 38.4 Å². The lowest BCUT2D eigenvalue weighted by Crippen LogP contribution is -2.43. The highest BCUT2D eigenvalue weighted by atomic mass is 16.6. The fraction of sp³-hybridized carbons (Fsp3) is 0.929. The number of hydrogen-bond acceptors (Lipinski definition) is 4. The van der Waals surface area contributed by atoms with Gasteiger partial charge in [0.1, 0.15) is 5.60 Å². The van der Waals surface area contributed by atoms with Crippen LogP contribution in [0.3, 0.4) is 0 Å². The van der Waals surface area contributed by atoms with E-state index in [4.69, 9.17) is 9.47 Å². The van der Waals surface area contributed by atoms with Crippen LogP contribution in [0, 0.1) is 0 Å². The van der Waals surface area contributed by atoms with Crippen molar-refractivity contribution in [3.63, 3.8) is 0 Å². The molecule has 19 heavy (non-hydrogen) atoms. The summed E-state index contributed by atoms with van der Waals surface area (Å²) in [6, 6.07) is 0.844. The summed E-state index contributed by atoms with van der Waals surface area (Å²) >= 11 is 0. The SMILES string of the molecule is CC(C)(C)OC(=O)N[C@@H]1CCN(C2CCOCC2)C1. The van der Waals surface area contributed by atoms with Crippen molar-refractivity contribution < 1.29 is 14.3 Å². The maximum Gasteiger partial charge on any atom is 0.407 e. The topological polar surface area (TPSA) is 50.8 Å². The number of likely N-dealkylation sites (tertiary alicyclic amines) is 1. The van der Waals surface area contributed by atoms with E-state index in [1.54, 1.807) is 0 Å². The minimum absolute atomic E-state index is 0.220. The van der Waals surface area contributed by atoms with Gasteiger partial charge < -0.3 is 14.8 Å². The Kier molecular flexibility index (Phi) is 4.68. The van der Waals surface area contributed by atoms with Gasteiger partial charge >= 0.3 is 6.09 Å². The van der Waals surface area contributed by atoms with E-state index >= 15 is 0 Å². The molecule has 0 saturated carbocycles. The Morgan fingerprint density at radius 3 is 2.58 bits per heavy atom. The number of nitrogens with one attached hydrogen (secondary N) is 1. The molecule has 2 heterocycles. The maximum atomic E-state index is 11.7. The molecule has 0 bridgehead atoms. The largest absolute Gasteiger partial charge is 0.444 e. The van der Waals surface area contributed by atoms with Crippen LogP contribution in [-0.2, 0) is 9.47 Å². The quantitative estimate of drug-likeness (QED) is 0.831. The lowest BCUT2D eigenvalue weighted by atomic mass is 10.1. The van der Waals surface area contributed by atoms with Crippen LogP contribution in [0.1, 0.15) is 40.0 Å². The van der Waals surface area contributed by atoms with E-state index in [0.717, 1.165) is 45.6 Å². The number of nitrogens with zero attached hydrogens (tertiary/aromatic N) is 1. The van der Waals surface area contributed by atoms with Crippen molar-refractivity contribution in [1.82, 2.24) is 10.2 Å². The molecule has 2 rings (SSSR count). The first-order valence-corrected chi connectivity index (χ1v) is 7.25. The monoisotopic (exact) mass is 270 g/mol. The van der Waals surface area contributed by atoms with Crippen molar-refractivity contribution in [1.29, 1.82) is 0 Å². The molecular formula is C14H26N2O3. The average molecular weight is 270 g/mol. The van der Waals surface area contributed by atoms with Crippen LogP contribution in [0.4, 0.5) is 4.79 Å². The molecule has 5 nitrogen and oxygen atoms in total. The molecule has 1 atom stereocenters. The third-order valence-corrected chi connectivity index (χ3v) is 3.65. The number of carbonyl (C=O) groups excluding carboxylic acids is 1. The van der Waals surface area contributed by atoms with E-state index in [2.05, 4.69) is 10.2 Å². The van der Waals surface area contributed by atoms with Gasteiger partial charge in [0.05, 0.1) is 0 Å². The van der Waals surface area contributed by atoms with Crippen LogP contribution >= 0.6 is 0 Å². The van der Waals surface area contributed by atoms with Crippen molar-refractivity contribution >= 4 is 6.09 Å². The Bertz CT molecular complexity index is 308. The van der Waals surface area contributed by atoms with Gasteiger partial charge in [0.25, 0.3) is 0 Å². The Hall–Kier alpha value is -0.810. The molecule has 0 aromatic heterocycles. The number of ether oxygens (including phenoxy) is 2. The molecule has 0 aromatic carbocycles. The third kappa shape index (κ3) is 4.66. The summed E-state index contributed by atoms with van der Waals surface area (Å²) in [5, 5.41) is 2.97. The molecule has 5 heteroatoms. The molecule has 1 amide bonds. The van der Waals surface area contributed by atoms with Crippen LogP contribution in [0.5, 0.6) is 0 Å². The first-order chi connectivity index (χ1) is 8.94. The number of carbonyl (C=O) groups is 1. The smallest absolute Gasteiger partial charge is 0.407 e. The molecule has 110 valence electrons. The van der Waals surface area contributed by atoms with Gasteiger partial charge in [-0.15, -0.1) is 0 Å². The van der Waals surface area contributed by atoms with Gasteiger partial charge in [-0.2, -0.15) is 0 Å². The van der Waals surface area contributed by atoms with Crippen LogP contribution in [0.15, 0.2) is 0 Å². The maximum absolute atomic E-state index is 11.7. The lowest BCUT2D eigenvalue weighted by molar-refractivity contribution is 0.0395. The molecule has 1 N–H and O–H groups in total. The predicted octanol–water partition coefficient (Wildman–Crippen LogP) is 1.76. The summed E-state index contributed by atoms with van der Waals surface area (Å²) in [5.74, 6) is 0. The van der Waals surface area contributed by atoms with Gasteiger partial charge in [-0.1, -0.05) is 0 Å². The molecule has 2 aliphatic rings. The molecule has 2 saturated heterocycles. The molecule has 0 unspecified atom stereocenters. The van der Waals surface area contributed by atoms with Crippen molar-refractivity contribution in [2.45, 2.75) is 57.7 Å². The Balaban J connectivity index is 1.74. The molecular weight excluding hydrogens is 244 g/mol. The average Bonchev–Trinajstić information content (AvgIpc) is 2.76. The van der Waals surface area contributed by atoms with Crippen molar-refractivity contribution in [2.75, 3.05) is 26.3 Å². The van der Waals surface area contributed by atoms with Crippen LogP contribution in [-0.4, -0.2) is 55.0 Å². The summed E-state index contributed by atoms with van der Waals surface area (Å²) in [6.45, 7) is 9.38. The molecule has 0 radical (unpaired) electrons. The molecule has 0 aliphatic carbocycles. The van der Waals surface area contributed by atoms with Crippen molar-refractivity contribution in [2.24, 2.45) is 0 Å². The van der Waals surface area contributed by atoms with Gasteiger partial charge in [-0.25, -0.2) is 4.79 Å². The standard InChI is InChI=1S/C14H26N2O3/c1-14(2,3)19-13(17)15-11-4-7-16(10-11)12-5-8-18-9-6-12/h11-12H,4-10H2,1-3H3,(H,15,17)/t11-/m1/s1. The number of hydrogen-bond donors (Lipinski definition) is 1. The van der Waals surface area contributed by atoms with Crippen LogP contribution in [0.2, 0.25) is 0 Å². The lowest BCUT2D eigenvalue weighted by Gasteiger charge is -2.31. The normalized spacial score (nSPS) is 26.4. The summed E-state index contributed by atoms with van der Waals surface area (Å²) in [4.78, 5) is 14.2. The number of amides is 1. The highest BCUT2D eigenvalue weighted by Gasteiger charge is 2.30. The zero-order valence-electron chi connectivity index (χ0n) is 12.3. The van der Waals surface area contributed by atoms with Crippen molar-refractivity contribution in [3.8, 4) is 0 Å². The second-order valence-corrected chi connectivity index (χ2v) is 6.47. The minimum atomic E-state index is -0.427. The molecule has 2 aliphatic heterocycles. The minimum Gasteiger partial charge on any atom is -0.444 e. The zero-order valence-corrected chi connectivity index (χ0v) is 12.3. The van der Waals surface area contributed by atoms with Crippen LogP contribution in [0.25, 0.3) is 0 Å².